The highest BCUT2D eigenvalue weighted by Gasteiger charge is 2.08. The van der Waals surface area contributed by atoms with Gasteiger partial charge in [-0.05, 0) is 42.8 Å². The molecule has 88 valence electrons. The van der Waals surface area contributed by atoms with Gasteiger partial charge in [0.25, 0.3) is 0 Å². The van der Waals surface area contributed by atoms with Crippen molar-refractivity contribution in [1.29, 1.82) is 0 Å². The molecule has 0 radical (unpaired) electrons. The number of aryl methyl sites for hydroxylation is 1. The van der Waals surface area contributed by atoms with Crippen molar-refractivity contribution in [1.82, 2.24) is 4.98 Å². The summed E-state index contributed by atoms with van der Waals surface area (Å²) in [5.74, 6) is 0.890. The molecule has 0 amide bonds. The molecule has 0 saturated heterocycles. The minimum absolute atomic E-state index is 0.677. The summed E-state index contributed by atoms with van der Waals surface area (Å²) in [6.45, 7) is 1.99. The maximum atomic E-state index is 5.86. The summed E-state index contributed by atoms with van der Waals surface area (Å²) in [5.41, 5.74) is 8.45. The number of halogens is 1. The van der Waals surface area contributed by atoms with E-state index < -0.39 is 0 Å². The van der Waals surface area contributed by atoms with Gasteiger partial charge in [-0.1, -0.05) is 11.6 Å². The van der Waals surface area contributed by atoms with E-state index >= 15 is 0 Å². The van der Waals surface area contributed by atoms with Crippen molar-refractivity contribution in [3.8, 4) is 0 Å². The van der Waals surface area contributed by atoms with Crippen LogP contribution >= 0.6 is 11.6 Å². The zero-order valence-corrected chi connectivity index (χ0v) is 10.6. The fraction of sp³-hybridized carbons (Fsp3) is 0.154. The van der Waals surface area contributed by atoms with Crippen LogP contribution in [0.5, 0.6) is 0 Å². The van der Waals surface area contributed by atoms with Crippen LogP contribution in [-0.2, 0) is 0 Å². The summed E-state index contributed by atoms with van der Waals surface area (Å²) < 4.78 is 0. The average molecular weight is 248 g/mol. The van der Waals surface area contributed by atoms with Gasteiger partial charge >= 0.3 is 0 Å². The molecule has 0 aliphatic rings. The van der Waals surface area contributed by atoms with Gasteiger partial charge in [0, 0.05) is 17.8 Å². The van der Waals surface area contributed by atoms with Crippen LogP contribution in [0.1, 0.15) is 5.56 Å². The second-order valence-corrected chi connectivity index (χ2v) is 4.38. The minimum atomic E-state index is 0.677. The number of hydrogen-bond acceptors (Lipinski definition) is 3. The van der Waals surface area contributed by atoms with E-state index in [0.717, 1.165) is 22.1 Å². The molecule has 2 N–H and O–H groups in total. The first-order valence-corrected chi connectivity index (χ1v) is 5.67. The maximum absolute atomic E-state index is 5.86. The van der Waals surface area contributed by atoms with E-state index in [4.69, 9.17) is 17.3 Å². The smallest absolute Gasteiger partial charge is 0.135 e. The molecule has 1 aromatic carbocycles. The summed E-state index contributed by atoms with van der Waals surface area (Å²) in [6.07, 6.45) is 1.66. The van der Waals surface area contributed by atoms with Crippen molar-refractivity contribution < 1.29 is 0 Å². The first kappa shape index (κ1) is 11.7. The van der Waals surface area contributed by atoms with E-state index in [9.17, 15) is 0 Å². The molecular weight excluding hydrogens is 234 g/mol. The Morgan fingerprint density at radius 2 is 1.88 bits per heavy atom. The number of nitrogens with two attached hydrogens (primary N) is 1. The predicted octanol–water partition coefficient (Wildman–Crippen LogP) is 3.39. The molecule has 0 saturated carbocycles. The summed E-state index contributed by atoms with van der Waals surface area (Å²) in [6, 6.07) is 9.55. The summed E-state index contributed by atoms with van der Waals surface area (Å²) in [5, 5.41) is 0.726. The molecule has 0 aliphatic heterocycles. The SMILES string of the molecule is Cc1cc(N)cnc1N(C)c1ccc(Cl)cc1. The predicted molar refractivity (Wildman–Crippen MR) is 72.9 cm³/mol. The molecule has 1 heterocycles. The second-order valence-electron chi connectivity index (χ2n) is 3.94. The van der Waals surface area contributed by atoms with Crippen LogP contribution in [0, 0.1) is 6.92 Å². The Bertz CT molecular complexity index is 523. The Labute approximate surface area is 106 Å². The number of benzene rings is 1. The van der Waals surface area contributed by atoms with Crippen molar-refractivity contribution in [3.63, 3.8) is 0 Å². The molecule has 0 aliphatic carbocycles. The molecule has 0 unspecified atom stereocenters. The van der Waals surface area contributed by atoms with Gasteiger partial charge in [0.05, 0.1) is 11.9 Å². The molecule has 0 spiro atoms. The van der Waals surface area contributed by atoms with Crippen molar-refractivity contribution in [2.45, 2.75) is 6.92 Å². The number of hydrogen-bond donors (Lipinski definition) is 1. The molecule has 17 heavy (non-hydrogen) atoms. The zero-order valence-electron chi connectivity index (χ0n) is 9.81. The molecule has 1 aromatic heterocycles. The highest BCUT2D eigenvalue weighted by Crippen LogP contribution is 2.26. The quantitative estimate of drug-likeness (QED) is 0.885. The van der Waals surface area contributed by atoms with Gasteiger partial charge in [-0.15, -0.1) is 0 Å². The number of nitrogen functional groups attached to an aromatic ring is 1. The van der Waals surface area contributed by atoms with Crippen LogP contribution in [0.25, 0.3) is 0 Å². The van der Waals surface area contributed by atoms with Gasteiger partial charge in [-0.25, -0.2) is 4.98 Å². The Balaban J connectivity index is 2.36. The lowest BCUT2D eigenvalue weighted by molar-refractivity contribution is 1.10. The van der Waals surface area contributed by atoms with Crippen LogP contribution in [0.4, 0.5) is 17.2 Å². The fourth-order valence-electron chi connectivity index (χ4n) is 1.73. The highest BCUT2D eigenvalue weighted by atomic mass is 35.5. The number of rotatable bonds is 2. The fourth-order valence-corrected chi connectivity index (χ4v) is 1.85. The maximum Gasteiger partial charge on any atom is 0.135 e. The summed E-state index contributed by atoms with van der Waals surface area (Å²) >= 11 is 5.86. The van der Waals surface area contributed by atoms with Gasteiger partial charge in [0.15, 0.2) is 0 Å². The molecule has 3 nitrogen and oxygen atoms in total. The van der Waals surface area contributed by atoms with Gasteiger partial charge in [0.1, 0.15) is 5.82 Å². The monoisotopic (exact) mass is 247 g/mol. The third-order valence-corrected chi connectivity index (χ3v) is 2.86. The third kappa shape index (κ3) is 2.50. The van der Waals surface area contributed by atoms with E-state index in [1.807, 2.05) is 49.2 Å². The van der Waals surface area contributed by atoms with E-state index in [1.54, 1.807) is 6.20 Å². The van der Waals surface area contributed by atoms with Crippen molar-refractivity contribution in [2.24, 2.45) is 0 Å². The third-order valence-electron chi connectivity index (χ3n) is 2.60. The molecular formula is C13H14ClN3. The number of pyridine rings is 1. The number of aromatic nitrogens is 1. The van der Waals surface area contributed by atoms with Crippen molar-refractivity contribution >= 4 is 28.8 Å². The van der Waals surface area contributed by atoms with Gasteiger partial charge < -0.3 is 10.6 Å². The Kier molecular flexibility index (Phi) is 3.20. The standard InChI is InChI=1S/C13H14ClN3/c1-9-7-11(15)8-16-13(9)17(2)12-5-3-10(14)4-6-12/h3-8H,15H2,1-2H3. The number of nitrogens with zero attached hydrogens (tertiary/aromatic N) is 2. The largest absolute Gasteiger partial charge is 0.397 e. The van der Waals surface area contributed by atoms with E-state index in [2.05, 4.69) is 4.98 Å². The van der Waals surface area contributed by atoms with Crippen LogP contribution in [0.2, 0.25) is 5.02 Å². The first-order valence-electron chi connectivity index (χ1n) is 5.29. The van der Waals surface area contributed by atoms with Crippen LogP contribution < -0.4 is 10.6 Å². The molecule has 2 rings (SSSR count). The minimum Gasteiger partial charge on any atom is -0.397 e. The lowest BCUT2D eigenvalue weighted by Crippen LogP contribution is -2.12. The van der Waals surface area contributed by atoms with Crippen LogP contribution in [0.3, 0.4) is 0 Å². The van der Waals surface area contributed by atoms with Gasteiger partial charge in [-0.2, -0.15) is 0 Å². The summed E-state index contributed by atoms with van der Waals surface area (Å²) in [7, 11) is 1.97. The van der Waals surface area contributed by atoms with Crippen molar-refractivity contribution in [3.05, 3.63) is 47.1 Å². The lowest BCUT2D eigenvalue weighted by atomic mass is 10.2. The summed E-state index contributed by atoms with van der Waals surface area (Å²) in [4.78, 5) is 6.35. The Morgan fingerprint density at radius 3 is 2.47 bits per heavy atom. The molecule has 0 bridgehead atoms. The van der Waals surface area contributed by atoms with E-state index in [1.165, 1.54) is 0 Å². The first-order chi connectivity index (χ1) is 8.08. The van der Waals surface area contributed by atoms with Gasteiger partial charge in [-0.3, -0.25) is 0 Å². The van der Waals surface area contributed by atoms with E-state index in [0.29, 0.717) is 5.69 Å². The number of anilines is 3. The average Bonchev–Trinajstić information content (AvgIpc) is 2.29. The highest BCUT2D eigenvalue weighted by molar-refractivity contribution is 6.30. The van der Waals surface area contributed by atoms with Crippen LogP contribution in [-0.4, -0.2) is 12.0 Å². The molecule has 0 atom stereocenters. The Morgan fingerprint density at radius 1 is 1.24 bits per heavy atom. The van der Waals surface area contributed by atoms with E-state index in [-0.39, 0.29) is 0 Å². The Hall–Kier alpha value is -1.74. The second kappa shape index (κ2) is 4.63. The van der Waals surface area contributed by atoms with Crippen LogP contribution in [0.15, 0.2) is 36.5 Å². The topological polar surface area (TPSA) is 42.1 Å². The zero-order chi connectivity index (χ0) is 12.4. The normalized spacial score (nSPS) is 10.3. The lowest BCUT2D eigenvalue weighted by Gasteiger charge is -2.20. The molecule has 0 fully saturated rings. The van der Waals surface area contributed by atoms with Crippen molar-refractivity contribution in [2.75, 3.05) is 17.7 Å². The molecule has 4 heteroatoms. The van der Waals surface area contributed by atoms with Gasteiger partial charge in [0.2, 0.25) is 0 Å². The molecule has 2 aromatic rings.